The molecule has 300 valence electrons. The van der Waals surface area contributed by atoms with E-state index in [1.165, 1.54) is 12.1 Å². The summed E-state index contributed by atoms with van der Waals surface area (Å²) in [4.78, 5) is 30.1. The van der Waals surface area contributed by atoms with Gasteiger partial charge in [-0.1, -0.05) is 24.3 Å². The zero-order chi connectivity index (χ0) is 42.5. The Morgan fingerprint density at radius 3 is 1.13 bits per heavy atom. The fourth-order valence-electron chi connectivity index (χ4n) is 5.66. The van der Waals surface area contributed by atoms with Gasteiger partial charge in [0, 0.05) is 34.5 Å². The van der Waals surface area contributed by atoms with E-state index in [1.807, 2.05) is 0 Å². The minimum absolute atomic E-state index is 0. The van der Waals surface area contributed by atoms with Crippen LogP contribution in [0.1, 0.15) is 31.8 Å². The molecule has 0 fully saturated rings. The summed E-state index contributed by atoms with van der Waals surface area (Å²) in [5.41, 5.74) is -3.93. The van der Waals surface area contributed by atoms with Crippen LogP contribution in [0, 0.1) is 0 Å². The van der Waals surface area contributed by atoms with Gasteiger partial charge in [-0.15, -0.1) is 0 Å². The quantitative estimate of drug-likeness (QED) is 0.0563. The number of fused-ring (bicyclic) bond motifs is 2. The fraction of sp³-hybridized carbons (Fsp3) is 0. The van der Waals surface area contributed by atoms with Gasteiger partial charge in [-0.3, -0.25) is 19.6 Å². The van der Waals surface area contributed by atoms with E-state index in [4.69, 9.17) is 0 Å². The first kappa shape index (κ1) is 55.8. The van der Waals surface area contributed by atoms with E-state index in [1.54, 1.807) is 0 Å². The van der Waals surface area contributed by atoms with Crippen molar-refractivity contribution in [3.8, 4) is 11.5 Å². The normalized spacial score (nSPS) is 11.7. The molecule has 0 aliphatic rings. The number of nitrogens with zero attached hydrogens (tertiary/aromatic N) is 2. The molecule has 2 heterocycles. The summed E-state index contributed by atoms with van der Waals surface area (Å²) in [6.07, 6.45) is 4.12. The molecule has 4 N–H and O–H groups in total. The van der Waals surface area contributed by atoms with Gasteiger partial charge in [0.2, 0.25) is 0 Å². The molecule has 2 amide bonds. The number of amides is 2. The molecule has 28 heteroatoms. The van der Waals surface area contributed by atoms with Crippen LogP contribution in [0.15, 0.2) is 105 Å². The van der Waals surface area contributed by atoms with Crippen LogP contribution in [-0.4, -0.2) is 83.9 Å². The maximum absolute atomic E-state index is 13.1. The summed E-state index contributed by atoms with van der Waals surface area (Å²) in [5.74, 6) is -4.18. The third-order valence-electron chi connectivity index (χ3n) is 8.21. The maximum atomic E-state index is 13.1. The summed E-state index contributed by atoms with van der Waals surface area (Å²) >= 11 is 0. The summed E-state index contributed by atoms with van der Waals surface area (Å²) in [6.45, 7) is 0. The van der Waals surface area contributed by atoms with Crippen molar-refractivity contribution in [1.29, 1.82) is 0 Å². The number of hydrogen-bond donors (Lipinski definition) is 4. The molecule has 0 aliphatic carbocycles. The molecule has 0 saturated heterocycles. The predicted octanol–water partition coefficient (Wildman–Crippen LogP) is -9.50. The van der Waals surface area contributed by atoms with Crippen LogP contribution < -0.4 is 129 Å². The molecule has 4 aromatic carbocycles. The molecule has 0 spiro atoms. The second-order valence-electron chi connectivity index (χ2n) is 11.9. The largest absolute Gasteiger partial charge is 1.00 e. The van der Waals surface area contributed by atoms with Crippen molar-refractivity contribution in [3.63, 3.8) is 0 Å². The molecular formula is C34H20N4Na4O16S4. The second kappa shape index (κ2) is 21.3. The van der Waals surface area contributed by atoms with Gasteiger partial charge in [0.05, 0.1) is 30.7 Å². The van der Waals surface area contributed by atoms with Gasteiger partial charge in [-0.25, -0.2) is 33.7 Å². The van der Waals surface area contributed by atoms with Crippen molar-refractivity contribution in [2.45, 2.75) is 19.6 Å². The Morgan fingerprint density at radius 1 is 0.500 bits per heavy atom. The number of aromatic nitrogens is 2. The number of phenolic OH excluding ortho intramolecular Hbond substituents is 2. The van der Waals surface area contributed by atoms with Crippen LogP contribution in [0.4, 0.5) is 11.4 Å². The molecule has 6 aromatic rings. The number of aromatic hydroxyl groups is 2. The van der Waals surface area contributed by atoms with Gasteiger partial charge in [-0.2, -0.15) is 0 Å². The van der Waals surface area contributed by atoms with Crippen molar-refractivity contribution in [3.05, 3.63) is 107 Å². The van der Waals surface area contributed by atoms with E-state index in [0.717, 1.165) is 60.9 Å². The van der Waals surface area contributed by atoms with Gasteiger partial charge in [-0.05, 0) is 71.8 Å². The van der Waals surface area contributed by atoms with Gasteiger partial charge < -0.3 is 39.1 Å². The zero-order valence-electron chi connectivity index (χ0n) is 32.4. The number of benzene rings is 4. The van der Waals surface area contributed by atoms with Crippen LogP contribution in [0.2, 0.25) is 0 Å². The maximum Gasteiger partial charge on any atom is 1.00 e. The van der Waals surface area contributed by atoms with Gasteiger partial charge in [0.1, 0.15) is 51.5 Å². The number of nitrogens with one attached hydrogen (secondary N) is 2. The summed E-state index contributed by atoms with van der Waals surface area (Å²) in [6, 6.07) is 11.5. The Morgan fingerprint density at radius 2 is 0.823 bits per heavy atom. The Balaban J connectivity index is 0.00000331. The van der Waals surface area contributed by atoms with Gasteiger partial charge >= 0.3 is 118 Å². The minimum Gasteiger partial charge on any atom is -0.744 e. The molecule has 0 aliphatic heterocycles. The topological polar surface area (TPSA) is 353 Å². The molecule has 0 unspecified atom stereocenters. The van der Waals surface area contributed by atoms with Crippen LogP contribution in [0.5, 0.6) is 11.5 Å². The molecule has 2 aromatic heterocycles. The molecule has 62 heavy (non-hydrogen) atoms. The van der Waals surface area contributed by atoms with E-state index in [2.05, 4.69) is 20.6 Å². The molecule has 0 saturated carbocycles. The smallest absolute Gasteiger partial charge is 0.744 e. The number of carbonyl (C=O) groups is 2. The second-order valence-corrected chi connectivity index (χ2v) is 17.3. The third-order valence-corrected chi connectivity index (χ3v) is 11.7. The van der Waals surface area contributed by atoms with Gasteiger partial charge in [0.15, 0.2) is 11.5 Å². The molecule has 0 radical (unpaired) electrons. The summed E-state index contributed by atoms with van der Waals surface area (Å²) in [5, 5.41) is 25.1. The number of anilines is 2. The van der Waals surface area contributed by atoms with Crippen molar-refractivity contribution in [2.24, 2.45) is 0 Å². The van der Waals surface area contributed by atoms with E-state index in [9.17, 15) is 71.7 Å². The summed E-state index contributed by atoms with van der Waals surface area (Å²) in [7, 11) is -21.2. The Hall–Kier alpha value is -2.38. The average Bonchev–Trinajstić information content (AvgIpc) is 3.13. The number of hydrogen-bond acceptors (Lipinski definition) is 18. The summed E-state index contributed by atoms with van der Waals surface area (Å²) < 4.78 is 145. The zero-order valence-corrected chi connectivity index (χ0v) is 43.6. The van der Waals surface area contributed by atoms with Crippen molar-refractivity contribution in [2.75, 3.05) is 10.6 Å². The first-order valence-corrected chi connectivity index (χ1v) is 21.2. The van der Waals surface area contributed by atoms with Crippen LogP contribution >= 0.6 is 0 Å². The standard InChI is InChI=1S/C34H24N4O16S4.4Na/c39-31-23(15-27(57(49,50)51)21-3-1-11-35-29(21)31)33(41)37-19-9-7-17(25(13-19)55(43,44)45)5-6-18-8-10-20(14-26(18)56(46,47)48)38-34(42)24-16-28(58(52,53)54)22-4-2-12-36-30(22)32(24)40;;;;/h1-16,39-40H,(H,37,41)(H,38,42)(H,43,44,45)(H,46,47,48)(H,49,50,51)(H,52,53,54);;;;/q;4*+1/p-4/b6-5+;;;;. The predicted molar refractivity (Wildman–Crippen MR) is 196 cm³/mol. The fourth-order valence-corrected chi connectivity index (χ4v) is 8.45. The van der Waals surface area contributed by atoms with Crippen LogP contribution in [0.3, 0.4) is 0 Å². The average molecular weight is 961 g/mol. The Bertz CT molecular complexity index is 3050. The minimum atomic E-state index is -5.38. The first-order chi connectivity index (χ1) is 26.9. The SMILES string of the molecule is O=C(Nc1ccc(/C=C/c2ccc(NC(=O)c3cc(S(=O)(=O)[O-])c4cccnc4c3O)cc2S(=O)(=O)[O-])c(S(=O)(=O)[O-])c1)c1cc(S(=O)(=O)[O-])c2cccnc2c1O.[Na+].[Na+].[Na+].[Na+]. The molecule has 20 nitrogen and oxygen atoms in total. The first-order valence-electron chi connectivity index (χ1n) is 15.6. The molecular weight excluding hydrogens is 941 g/mol. The molecule has 0 bridgehead atoms. The third kappa shape index (κ3) is 12.3. The van der Waals surface area contributed by atoms with Crippen molar-refractivity contribution < 1.29 is 190 Å². The van der Waals surface area contributed by atoms with Crippen molar-refractivity contribution in [1.82, 2.24) is 9.97 Å². The van der Waals surface area contributed by atoms with Crippen LogP contribution in [0.25, 0.3) is 34.0 Å². The Labute approximate surface area is 440 Å². The van der Waals surface area contributed by atoms with Crippen LogP contribution in [-0.2, 0) is 40.5 Å². The number of rotatable bonds is 10. The number of pyridine rings is 2. The molecule has 6 rings (SSSR count). The van der Waals surface area contributed by atoms with Gasteiger partial charge in [0.25, 0.3) is 11.8 Å². The Kier molecular flexibility index (Phi) is 19.1. The van der Waals surface area contributed by atoms with E-state index in [0.29, 0.717) is 24.3 Å². The van der Waals surface area contributed by atoms with E-state index < -0.39 is 117 Å². The van der Waals surface area contributed by atoms with Crippen molar-refractivity contribution >= 4 is 97.6 Å². The number of carbonyl (C=O) groups excluding carboxylic acids is 2. The monoisotopic (exact) mass is 960 g/mol. The van der Waals surface area contributed by atoms with E-state index in [-0.39, 0.29) is 140 Å². The molecule has 0 atom stereocenters. The number of phenols is 2. The van der Waals surface area contributed by atoms with E-state index >= 15 is 0 Å².